The molecule has 6 nitrogen and oxygen atoms in total. The van der Waals surface area contributed by atoms with Gasteiger partial charge in [0.1, 0.15) is 11.4 Å². The lowest BCUT2D eigenvalue weighted by Crippen LogP contribution is -2.43. The normalized spacial score (nSPS) is 16.6. The van der Waals surface area contributed by atoms with Crippen molar-refractivity contribution in [3.8, 4) is 5.75 Å². The number of benzene rings is 1. The Morgan fingerprint density at radius 1 is 1.24 bits per heavy atom. The van der Waals surface area contributed by atoms with Crippen LogP contribution in [0.15, 0.2) is 42.6 Å². The lowest BCUT2D eigenvalue weighted by atomic mass is 9.99. The zero-order valence-electron chi connectivity index (χ0n) is 17.4. The van der Waals surface area contributed by atoms with Crippen molar-refractivity contribution in [2.24, 2.45) is 0 Å². The third-order valence-electron chi connectivity index (χ3n) is 5.10. The Balaban J connectivity index is 1.77. The largest absolute Gasteiger partial charge is 0.489 e. The summed E-state index contributed by atoms with van der Waals surface area (Å²) in [4.78, 5) is 31.9. The molecular weight excluding hydrogens is 366 g/mol. The average Bonchev–Trinajstić information content (AvgIpc) is 2.74. The Kier molecular flexibility index (Phi) is 6.86. The number of likely N-dealkylation sites (tertiary alicyclic amines) is 1. The van der Waals surface area contributed by atoms with Gasteiger partial charge in [0, 0.05) is 24.3 Å². The highest BCUT2D eigenvalue weighted by molar-refractivity contribution is 6.06. The van der Waals surface area contributed by atoms with Crippen molar-refractivity contribution in [3.05, 3.63) is 53.9 Å². The van der Waals surface area contributed by atoms with E-state index >= 15 is 0 Å². The molecule has 2 amide bonds. The molecule has 1 aliphatic rings. The Bertz CT molecular complexity index is 866. The van der Waals surface area contributed by atoms with E-state index in [0.717, 1.165) is 32.2 Å². The number of nitrogens with zero attached hydrogens (tertiary/aromatic N) is 2. The number of anilines is 1. The third kappa shape index (κ3) is 5.13. The number of pyridine rings is 1. The number of ether oxygens (including phenoxy) is 1. The highest BCUT2D eigenvalue weighted by Gasteiger charge is 2.27. The molecule has 0 saturated carbocycles. The topological polar surface area (TPSA) is 71.5 Å². The molecule has 3 rings (SSSR count). The van der Waals surface area contributed by atoms with Crippen LogP contribution in [-0.2, 0) is 0 Å². The van der Waals surface area contributed by atoms with Crippen LogP contribution in [0, 0.1) is 0 Å². The Labute approximate surface area is 172 Å². The number of rotatable bonds is 6. The molecule has 1 aliphatic heterocycles. The maximum absolute atomic E-state index is 13.0. The smallest absolute Gasteiger partial charge is 0.272 e. The maximum atomic E-state index is 13.0. The SMILES string of the molecule is CCC1CCCCN1C(=O)c1cc(C(=O)Nc2ccccc2OC(C)C)ccn1. The van der Waals surface area contributed by atoms with Crippen LogP contribution in [0.2, 0.25) is 0 Å². The second-order valence-corrected chi connectivity index (χ2v) is 7.60. The fourth-order valence-corrected chi connectivity index (χ4v) is 3.65. The molecule has 1 aromatic carbocycles. The summed E-state index contributed by atoms with van der Waals surface area (Å²) in [5.41, 5.74) is 1.30. The number of carbonyl (C=O) groups is 2. The monoisotopic (exact) mass is 395 g/mol. The molecule has 2 heterocycles. The minimum atomic E-state index is -0.299. The lowest BCUT2D eigenvalue weighted by Gasteiger charge is -2.35. The van der Waals surface area contributed by atoms with Gasteiger partial charge in [0.2, 0.25) is 0 Å². The van der Waals surface area contributed by atoms with Gasteiger partial charge >= 0.3 is 0 Å². The van der Waals surface area contributed by atoms with Crippen molar-refractivity contribution in [1.29, 1.82) is 0 Å². The van der Waals surface area contributed by atoms with Crippen molar-refractivity contribution >= 4 is 17.5 Å². The number of nitrogens with one attached hydrogen (secondary N) is 1. The summed E-state index contributed by atoms with van der Waals surface area (Å²) >= 11 is 0. The highest BCUT2D eigenvalue weighted by atomic mass is 16.5. The lowest BCUT2D eigenvalue weighted by molar-refractivity contribution is 0.0602. The quantitative estimate of drug-likeness (QED) is 0.780. The van der Waals surface area contributed by atoms with Crippen molar-refractivity contribution in [2.45, 2.75) is 58.6 Å². The molecule has 1 atom stereocenters. The van der Waals surface area contributed by atoms with Crippen LogP contribution < -0.4 is 10.1 Å². The summed E-state index contributed by atoms with van der Waals surface area (Å²) in [7, 11) is 0. The van der Waals surface area contributed by atoms with E-state index < -0.39 is 0 Å². The number of aromatic nitrogens is 1. The molecule has 1 unspecified atom stereocenters. The van der Waals surface area contributed by atoms with E-state index in [1.165, 1.54) is 6.20 Å². The Hall–Kier alpha value is -2.89. The van der Waals surface area contributed by atoms with E-state index in [1.54, 1.807) is 18.2 Å². The van der Waals surface area contributed by atoms with Gasteiger partial charge in [-0.25, -0.2) is 0 Å². The van der Waals surface area contributed by atoms with Gasteiger partial charge < -0.3 is 15.0 Å². The van der Waals surface area contributed by atoms with Crippen LogP contribution in [0.3, 0.4) is 0 Å². The molecule has 1 saturated heterocycles. The molecule has 6 heteroatoms. The number of para-hydroxylation sites is 2. The number of piperidine rings is 1. The van der Waals surface area contributed by atoms with Crippen LogP contribution in [0.1, 0.15) is 67.3 Å². The Morgan fingerprint density at radius 2 is 2.03 bits per heavy atom. The van der Waals surface area contributed by atoms with Gasteiger partial charge in [-0.15, -0.1) is 0 Å². The zero-order chi connectivity index (χ0) is 20.8. The molecule has 1 fully saturated rings. The fourth-order valence-electron chi connectivity index (χ4n) is 3.65. The van der Waals surface area contributed by atoms with Gasteiger partial charge in [-0.2, -0.15) is 0 Å². The first kappa shape index (κ1) is 20.8. The van der Waals surface area contributed by atoms with Crippen LogP contribution in [-0.4, -0.2) is 40.4 Å². The minimum absolute atomic E-state index is 0.00532. The van der Waals surface area contributed by atoms with Crippen LogP contribution in [0.25, 0.3) is 0 Å². The van der Waals surface area contributed by atoms with E-state index in [0.29, 0.717) is 22.7 Å². The Morgan fingerprint density at radius 3 is 2.79 bits per heavy atom. The number of hydrogen-bond donors (Lipinski definition) is 1. The van der Waals surface area contributed by atoms with E-state index in [9.17, 15) is 9.59 Å². The highest BCUT2D eigenvalue weighted by Crippen LogP contribution is 2.26. The number of carbonyl (C=O) groups excluding carboxylic acids is 2. The van der Waals surface area contributed by atoms with Crippen LogP contribution in [0.5, 0.6) is 5.75 Å². The average molecular weight is 396 g/mol. The molecule has 1 N–H and O–H groups in total. The van der Waals surface area contributed by atoms with Crippen molar-refractivity contribution in [3.63, 3.8) is 0 Å². The van der Waals surface area contributed by atoms with Gasteiger partial charge in [0.25, 0.3) is 11.8 Å². The zero-order valence-corrected chi connectivity index (χ0v) is 17.4. The summed E-state index contributed by atoms with van der Waals surface area (Å²) in [6.45, 7) is 6.71. The van der Waals surface area contributed by atoms with Gasteiger partial charge in [-0.1, -0.05) is 19.1 Å². The molecule has 1 aromatic heterocycles. The van der Waals surface area contributed by atoms with E-state index in [2.05, 4.69) is 17.2 Å². The molecule has 2 aromatic rings. The first-order chi connectivity index (χ1) is 14.0. The van der Waals surface area contributed by atoms with Crippen LogP contribution >= 0.6 is 0 Å². The summed E-state index contributed by atoms with van der Waals surface area (Å²) in [5.74, 6) is 0.210. The van der Waals surface area contributed by atoms with Gasteiger partial charge in [0.15, 0.2) is 0 Å². The summed E-state index contributed by atoms with van der Waals surface area (Å²) < 4.78 is 5.76. The molecule has 29 heavy (non-hydrogen) atoms. The number of hydrogen-bond acceptors (Lipinski definition) is 4. The first-order valence-electron chi connectivity index (χ1n) is 10.3. The predicted molar refractivity (Wildman–Crippen MR) is 113 cm³/mol. The third-order valence-corrected chi connectivity index (χ3v) is 5.10. The minimum Gasteiger partial charge on any atom is -0.489 e. The van der Waals surface area contributed by atoms with E-state index in [1.807, 2.05) is 36.9 Å². The number of amides is 2. The van der Waals surface area contributed by atoms with Gasteiger partial charge in [-0.05, 0) is 63.8 Å². The molecular formula is C23H29N3O3. The van der Waals surface area contributed by atoms with E-state index in [-0.39, 0.29) is 24.0 Å². The van der Waals surface area contributed by atoms with E-state index in [4.69, 9.17) is 4.74 Å². The van der Waals surface area contributed by atoms with Gasteiger partial charge in [0.05, 0.1) is 11.8 Å². The van der Waals surface area contributed by atoms with Crippen LogP contribution in [0.4, 0.5) is 5.69 Å². The second-order valence-electron chi connectivity index (χ2n) is 7.60. The molecule has 0 radical (unpaired) electrons. The molecule has 0 bridgehead atoms. The van der Waals surface area contributed by atoms with Crippen molar-refractivity contribution < 1.29 is 14.3 Å². The molecule has 0 aliphatic carbocycles. The van der Waals surface area contributed by atoms with Gasteiger partial charge in [-0.3, -0.25) is 14.6 Å². The molecule has 154 valence electrons. The summed E-state index contributed by atoms with van der Waals surface area (Å²) in [5, 5.41) is 2.88. The standard InChI is InChI=1S/C23H29N3O3/c1-4-18-9-7-8-14-26(18)23(28)20-15-17(12-13-24-20)22(27)25-19-10-5-6-11-21(19)29-16(2)3/h5-6,10-13,15-16,18H,4,7-9,14H2,1-3H3,(H,25,27). The summed E-state index contributed by atoms with van der Waals surface area (Å²) in [6.07, 6.45) is 5.62. The first-order valence-corrected chi connectivity index (χ1v) is 10.3. The summed E-state index contributed by atoms with van der Waals surface area (Å²) in [6, 6.07) is 10.7. The van der Waals surface area contributed by atoms with Crippen molar-refractivity contribution in [2.75, 3.05) is 11.9 Å². The fraction of sp³-hybridized carbons (Fsp3) is 0.435. The predicted octanol–water partition coefficient (Wildman–Crippen LogP) is 4.53. The molecule has 0 spiro atoms. The van der Waals surface area contributed by atoms with Crippen molar-refractivity contribution in [1.82, 2.24) is 9.88 Å². The second kappa shape index (κ2) is 9.54. The maximum Gasteiger partial charge on any atom is 0.272 e.